The highest BCUT2D eigenvalue weighted by molar-refractivity contribution is 7.80. The lowest BCUT2D eigenvalue weighted by atomic mass is 10.2. The van der Waals surface area contributed by atoms with Crippen LogP contribution in [0.25, 0.3) is 0 Å². The van der Waals surface area contributed by atoms with E-state index in [4.69, 9.17) is 12.2 Å². The number of benzene rings is 1. The van der Waals surface area contributed by atoms with Gasteiger partial charge >= 0.3 is 0 Å². The van der Waals surface area contributed by atoms with Crippen molar-refractivity contribution in [1.82, 2.24) is 10.6 Å². The summed E-state index contributed by atoms with van der Waals surface area (Å²) in [5.41, 5.74) is 1.02. The van der Waals surface area contributed by atoms with E-state index in [-0.39, 0.29) is 5.82 Å². The Hall–Kier alpha value is -1.16. The minimum Gasteiger partial charge on any atom is -0.363 e. The van der Waals surface area contributed by atoms with E-state index < -0.39 is 0 Å². The normalized spacial score (nSPS) is 10.0. The van der Waals surface area contributed by atoms with Crippen LogP contribution in [-0.4, -0.2) is 11.7 Å². The Labute approximate surface area is 108 Å². The summed E-state index contributed by atoms with van der Waals surface area (Å²) in [7, 11) is 0. The number of halogens is 1. The predicted molar refractivity (Wildman–Crippen MR) is 73.4 cm³/mol. The Morgan fingerprint density at radius 2 is 1.88 bits per heavy atom. The van der Waals surface area contributed by atoms with E-state index in [1.54, 1.807) is 12.1 Å². The molecule has 0 radical (unpaired) electrons. The molecule has 4 heteroatoms. The summed E-state index contributed by atoms with van der Waals surface area (Å²) < 4.78 is 12.7. The van der Waals surface area contributed by atoms with Crippen molar-refractivity contribution >= 4 is 17.3 Å². The van der Waals surface area contributed by atoms with Crippen molar-refractivity contribution < 1.29 is 4.39 Å². The van der Waals surface area contributed by atoms with Gasteiger partial charge in [0.05, 0.1) is 0 Å². The van der Waals surface area contributed by atoms with Crippen molar-refractivity contribution in [1.29, 1.82) is 0 Å². The molecule has 0 aliphatic heterocycles. The van der Waals surface area contributed by atoms with Crippen molar-refractivity contribution in [2.75, 3.05) is 6.54 Å². The molecule has 0 unspecified atom stereocenters. The fourth-order valence-corrected chi connectivity index (χ4v) is 1.60. The second-order valence-corrected chi connectivity index (χ2v) is 4.35. The van der Waals surface area contributed by atoms with Gasteiger partial charge in [0.2, 0.25) is 0 Å². The van der Waals surface area contributed by atoms with Crippen LogP contribution in [0.2, 0.25) is 0 Å². The monoisotopic (exact) mass is 254 g/mol. The lowest BCUT2D eigenvalue weighted by Gasteiger charge is -2.10. The van der Waals surface area contributed by atoms with E-state index in [1.807, 2.05) is 0 Å². The first-order valence-corrected chi connectivity index (χ1v) is 6.39. The van der Waals surface area contributed by atoms with E-state index in [1.165, 1.54) is 25.0 Å². The fraction of sp³-hybridized carbons (Fsp3) is 0.462. The molecule has 94 valence electrons. The van der Waals surface area contributed by atoms with Crippen molar-refractivity contribution in [2.24, 2.45) is 0 Å². The van der Waals surface area contributed by atoms with E-state index in [2.05, 4.69) is 17.6 Å². The van der Waals surface area contributed by atoms with Crippen LogP contribution in [0.4, 0.5) is 4.39 Å². The molecule has 0 fully saturated rings. The maximum atomic E-state index is 12.7. The van der Waals surface area contributed by atoms with Gasteiger partial charge < -0.3 is 10.6 Å². The SMILES string of the molecule is CCCCCNC(=S)NCc1ccc(F)cc1. The van der Waals surface area contributed by atoms with Gasteiger partial charge in [0.15, 0.2) is 5.11 Å². The fourth-order valence-electron chi connectivity index (χ4n) is 1.42. The number of nitrogens with one attached hydrogen (secondary N) is 2. The molecule has 0 aromatic heterocycles. The maximum absolute atomic E-state index is 12.7. The van der Waals surface area contributed by atoms with Crippen LogP contribution in [0.3, 0.4) is 0 Å². The second kappa shape index (κ2) is 8.01. The van der Waals surface area contributed by atoms with Gasteiger partial charge in [-0.15, -0.1) is 0 Å². The highest BCUT2D eigenvalue weighted by atomic mass is 32.1. The van der Waals surface area contributed by atoms with Crippen LogP contribution in [-0.2, 0) is 6.54 Å². The smallest absolute Gasteiger partial charge is 0.166 e. The molecule has 0 saturated carbocycles. The number of hydrogen-bond donors (Lipinski definition) is 2. The highest BCUT2D eigenvalue weighted by Crippen LogP contribution is 2.01. The van der Waals surface area contributed by atoms with Crippen molar-refractivity contribution in [3.63, 3.8) is 0 Å². The van der Waals surface area contributed by atoms with E-state index in [9.17, 15) is 4.39 Å². The number of thiocarbonyl (C=S) groups is 1. The molecule has 2 nitrogen and oxygen atoms in total. The van der Waals surface area contributed by atoms with Crippen molar-refractivity contribution in [3.8, 4) is 0 Å². The molecule has 0 bridgehead atoms. The van der Waals surface area contributed by atoms with Crippen LogP contribution in [0.5, 0.6) is 0 Å². The van der Waals surface area contributed by atoms with E-state index in [0.29, 0.717) is 11.7 Å². The summed E-state index contributed by atoms with van der Waals surface area (Å²) in [5, 5.41) is 6.90. The summed E-state index contributed by atoms with van der Waals surface area (Å²) in [5.74, 6) is -0.214. The zero-order valence-corrected chi connectivity index (χ0v) is 10.9. The molecule has 17 heavy (non-hydrogen) atoms. The van der Waals surface area contributed by atoms with Crippen LogP contribution in [0, 0.1) is 5.82 Å². The van der Waals surface area contributed by atoms with Crippen LogP contribution < -0.4 is 10.6 Å². The minimum absolute atomic E-state index is 0.214. The predicted octanol–water partition coefficient (Wildman–Crippen LogP) is 2.98. The third-order valence-corrected chi connectivity index (χ3v) is 2.72. The number of rotatable bonds is 6. The van der Waals surface area contributed by atoms with E-state index in [0.717, 1.165) is 18.5 Å². The summed E-state index contributed by atoms with van der Waals surface area (Å²) in [4.78, 5) is 0. The van der Waals surface area contributed by atoms with E-state index >= 15 is 0 Å². The van der Waals surface area contributed by atoms with Crippen LogP contribution in [0.15, 0.2) is 24.3 Å². The molecular formula is C13H19FN2S. The molecule has 0 aliphatic carbocycles. The Morgan fingerprint density at radius 3 is 2.53 bits per heavy atom. The second-order valence-electron chi connectivity index (χ2n) is 3.94. The van der Waals surface area contributed by atoms with Crippen LogP contribution in [0.1, 0.15) is 31.7 Å². The molecular weight excluding hydrogens is 235 g/mol. The first-order valence-electron chi connectivity index (χ1n) is 5.98. The van der Waals surface area contributed by atoms with Gasteiger partial charge in [-0.3, -0.25) is 0 Å². The third kappa shape index (κ3) is 6.22. The quantitative estimate of drug-likeness (QED) is 0.603. The van der Waals surface area contributed by atoms with Gasteiger partial charge in [-0.2, -0.15) is 0 Å². The van der Waals surface area contributed by atoms with Gasteiger partial charge in [-0.1, -0.05) is 31.9 Å². The molecule has 1 aromatic rings. The van der Waals surface area contributed by atoms with Crippen molar-refractivity contribution in [3.05, 3.63) is 35.6 Å². The standard InChI is InChI=1S/C13H19FN2S/c1-2-3-4-9-15-13(17)16-10-11-5-7-12(14)8-6-11/h5-8H,2-4,9-10H2,1H3,(H2,15,16,17). The molecule has 2 N–H and O–H groups in total. The van der Waals surface area contributed by atoms with Gasteiger partial charge in [-0.05, 0) is 36.3 Å². The topological polar surface area (TPSA) is 24.1 Å². The van der Waals surface area contributed by atoms with Gasteiger partial charge in [0, 0.05) is 13.1 Å². The Kier molecular flexibility index (Phi) is 6.55. The molecule has 0 atom stereocenters. The largest absolute Gasteiger partial charge is 0.363 e. The molecule has 0 aliphatic rings. The highest BCUT2D eigenvalue weighted by Gasteiger charge is 1.96. The Morgan fingerprint density at radius 1 is 1.18 bits per heavy atom. The number of unbranched alkanes of at least 4 members (excludes halogenated alkanes) is 2. The van der Waals surface area contributed by atoms with Gasteiger partial charge in [0.1, 0.15) is 5.82 Å². The maximum Gasteiger partial charge on any atom is 0.166 e. The average molecular weight is 254 g/mol. The lowest BCUT2D eigenvalue weighted by Crippen LogP contribution is -2.35. The Bertz CT molecular complexity index is 338. The Balaban J connectivity index is 2.17. The zero-order valence-electron chi connectivity index (χ0n) is 10.1. The zero-order chi connectivity index (χ0) is 12.5. The third-order valence-electron chi connectivity index (χ3n) is 2.43. The summed E-state index contributed by atoms with van der Waals surface area (Å²) in [6, 6.07) is 6.41. The summed E-state index contributed by atoms with van der Waals surface area (Å²) in [6.45, 7) is 3.70. The first kappa shape index (κ1) is 13.9. The molecule has 1 aromatic carbocycles. The van der Waals surface area contributed by atoms with Gasteiger partial charge in [-0.25, -0.2) is 4.39 Å². The molecule has 0 saturated heterocycles. The van der Waals surface area contributed by atoms with Crippen molar-refractivity contribution in [2.45, 2.75) is 32.7 Å². The first-order chi connectivity index (χ1) is 8.22. The molecule has 0 spiro atoms. The molecule has 1 rings (SSSR count). The average Bonchev–Trinajstić information content (AvgIpc) is 2.34. The number of hydrogen-bond acceptors (Lipinski definition) is 1. The molecule has 0 amide bonds. The molecule has 0 heterocycles. The minimum atomic E-state index is -0.214. The summed E-state index contributed by atoms with van der Waals surface area (Å²) in [6.07, 6.45) is 3.56. The van der Waals surface area contributed by atoms with Gasteiger partial charge in [0.25, 0.3) is 0 Å². The summed E-state index contributed by atoms with van der Waals surface area (Å²) >= 11 is 5.13. The lowest BCUT2D eigenvalue weighted by molar-refractivity contribution is 0.626. The van der Waals surface area contributed by atoms with Crippen LogP contribution >= 0.6 is 12.2 Å².